The Bertz CT molecular complexity index is 1100. The van der Waals surface area contributed by atoms with E-state index >= 15 is 0 Å². The quantitative estimate of drug-likeness (QED) is 0.411. The van der Waals surface area contributed by atoms with E-state index in [1.165, 1.54) is 0 Å². The molecule has 4 rings (SSSR count). The molecule has 0 amide bonds. The van der Waals surface area contributed by atoms with Crippen molar-refractivity contribution in [3.05, 3.63) is 67.0 Å². The number of nitrogens with one attached hydrogen (secondary N) is 2. The predicted molar refractivity (Wildman–Crippen MR) is 110 cm³/mol. The number of ether oxygens (including phenoxy) is 1. The van der Waals surface area contributed by atoms with Crippen LogP contribution < -0.4 is 15.4 Å². The number of aromatic nitrogens is 2. The third-order valence-corrected chi connectivity index (χ3v) is 4.26. The molecule has 0 saturated carbocycles. The molecular formula is C20H16N4OS. The van der Waals surface area contributed by atoms with E-state index < -0.39 is 0 Å². The van der Waals surface area contributed by atoms with Crippen LogP contribution in [0.25, 0.3) is 21.8 Å². The van der Waals surface area contributed by atoms with Crippen molar-refractivity contribution in [2.75, 3.05) is 17.7 Å². The van der Waals surface area contributed by atoms with Crippen molar-refractivity contribution in [3.8, 4) is 5.75 Å². The third kappa shape index (κ3) is 3.14. The van der Waals surface area contributed by atoms with Gasteiger partial charge in [0.1, 0.15) is 5.75 Å². The molecule has 2 aromatic heterocycles. The molecule has 0 spiro atoms. The molecule has 0 aliphatic carbocycles. The van der Waals surface area contributed by atoms with E-state index in [2.05, 4.69) is 20.6 Å². The van der Waals surface area contributed by atoms with E-state index in [-0.39, 0.29) is 0 Å². The van der Waals surface area contributed by atoms with Gasteiger partial charge in [0.25, 0.3) is 0 Å². The molecule has 0 atom stereocenters. The van der Waals surface area contributed by atoms with Gasteiger partial charge in [-0.2, -0.15) is 0 Å². The van der Waals surface area contributed by atoms with Crippen LogP contribution >= 0.6 is 12.2 Å². The number of hydrogen-bond donors (Lipinski definition) is 2. The van der Waals surface area contributed by atoms with Gasteiger partial charge >= 0.3 is 0 Å². The highest BCUT2D eigenvalue weighted by Crippen LogP contribution is 2.29. The van der Waals surface area contributed by atoms with Crippen LogP contribution in [0.5, 0.6) is 5.75 Å². The van der Waals surface area contributed by atoms with E-state index in [9.17, 15) is 0 Å². The topological polar surface area (TPSA) is 59.1 Å². The first-order chi connectivity index (χ1) is 12.7. The average Bonchev–Trinajstić information content (AvgIpc) is 2.69. The fraction of sp³-hybridized carbons (Fsp3) is 0.0500. The monoisotopic (exact) mass is 360 g/mol. The lowest BCUT2D eigenvalue weighted by Crippen LogP contribution is -2.19. The maximum Gasteiger partial charge on any atom is 0.175 e. The van der Waals surface area contributed by atoms with Crippen LogP contribution in [0.4, 0.5) is 11.4 Å². The smallest absolute Gasteiger partial charge is 0.175 e. The summed E-state index contributed by atoms with van der Waals surface area (Å²) in [5.74, 6) is 0.800. The second kappa shape index (κ2) is 6.93. The predicted octanol–water partition coefficient (Wildman–Crippen LogP) is 4.60. The van der Waals surface area contributed by atoms with Crippen molar-refractivity contribution in [1.29, 1.82) is 0 Å². The largest absolute Gasteiger partial charge is 0.497 e. The fourth-order valence-electron chi connectivity index (χ4n) is 2.84. The first kappa shape index (κ1) is 16.2. The molecule has 2 heterocycles. The van der Waals surface area contributed by atoms with Crippen molar-refractivity contribution < 1.29 is 4.74 Å². The highest BCUT2D eigenvalue weighted by molar-refractivity contribution is 7.80. The molecule has 128 valence electrons. The van der Waals surface area contributed by atoms with Crippen molar-refractivity contribution in [2.24, 2.45) is 0 Å². The minimum absolute atomic E-state index is 0.503. The van der Waals surface area contributed by atoms with Crippen molar-refractivity contribution in [3.63, 3.8) is 0 Å². The van der Waals surface area contributed by atoms with Gasteiger partial charge in [-0.25, -0.2) is 0 Å². The zero-order valence-corrected chi connectivity index (χ0v) is 14.9. The fourth-order valence-corrected chi connectivity index (χ4v) is 3.07. The van der Waals surface area contributed by atoms with E-state index in [0.29, 0.717) is 5.11 Å². The molecule has 0 radical (unpaired) electrons. The van der Waals surface area contributed by atoms with Crippen LogP contribution in [0, 0.1) is 0 Å². The molecule has 0 bridgehead atoms. The van der Waals surface area contributed by atoms with Gasteiger partial charge in [0.2, 0.25) is 0 Å². The van der Waals surface area contributed by atoms with Crippen LogP contribution in [-0.4, -0.2) is 22.2 Å². The van der Waals surface area contributed by atoms with Crippen molar-refractivity contribution >= 4 is 50.5 Å². The van der Waals surface area contributed by atoms with Gasteiger partial charge in [-0.15, -0.1) is 0 Å². The van der Waals surface area contributed by atoms with E-state index in [1.807, 2.05) is 54.6 Å². The molecule has 2 aromatic carbocycles. The lowest BCUT2D eigenvalue weighted by atomic mass is 10.1. The summed E-state index contributed by atoms with van der Waals surface area (Å²) in [5, 5.41) is 8.94. The number of thiocarbonyl (C=S) groups is 1. The Hall–Kier alpha value is -3.25. The number of hydrogen-bond acceptors (Lipinski definition) is 4. The average molecular weight is 360 g/mol. The molecule has 0 saturated heterocycles. The summed E-state index contributed by atoms with van der Waals surface area (Å²) in [5.41, 5.74) is 3.50. The van der Waals surface area contributed by atoms with Gasteiger partial charge in [0.15, 0.2) is 5.11 Å². The second-order valence-corrected chi connectivity index (χ2v) is 6.11. The number of anilines is 2. The number of fused-ring (bicyclic) bond motifs is 3. The normalized spacial score (nSPS) is 10.7. The minimum atomic E-state index is 0.503. The van der Waals surface area contributed by atoms with Crippen LogP contribution in [0.3, 0.4) is 0 Å². The highest BCUT2D eigenvalue weighted by atomic mass is 32.1. The summed E-state index contributed by atoms with van der Waals surface area (Å²) in [7, 11) is 1.64. The van der Waals surface area contributed by atoms with Gasteiger partial charge in [-0.05, 0) is 60.7 Å². The Kier molecular flexibility index (Phi) is 4.33. The zero-order chi connectivity index (χ0) is 17.9. The summed E-state index contributed by atoms with van der Waals surface area (Å²) in [6.07, 6.45) is 3.55. The number of rotatable bonds is 3. The Morgan fingerprint density at radius 2 is 1.65 bits per heavy atom. The Labute approximate surface area is 156 Å². The lowest BCUT2D eigenvalue weighted by molar-refractivity contribution is 0.415. The molecule has 0 aliphatic heterocycles. The van der Waals surface area contributed by atoms with Gasteiger partial charge < -0.3 is 15.4 Å². The molecular weight excluding hydrogens is 344 g/mol. The number of nitrogens with zero attached hydrogens (tertiary/aromatic N) is 2. The highest BCUT2D eigenvalue weighted by Gasteiger charge is 2.09. The number of benzene rings is 2. The lowest BCUT2D eigenvalue weighted by Gasteiger charge is -2.14. The first-order valence-corrected chi connectivity index (χ1v) is 8.50. The van der Waals surface area contributed by atoms with E-state index in [0.717, 1.165) is 38.9 Å². The molecule has 4 aromatic rings. The summed E-state index contributed by atoms with van der Waals surface area (Å²) in [4.78, 5) is 8.96. The Morgan fingerprint density at radius 1 is 0.923 bits per heavy atom. The minimum Gasteiger partial charge on any atom is -0.497 e. The Morgan fingerprint density at radius 3 is 2.42 bits per heavy atom. The third-order valence-electron chi connectivity index (χ3n) is 4.06. The maximum absolute atomic E-state index is 5.48. The second-order valence-electron chi connectivity index (χ2n) is 5.71. The molecule has 0 aliphatic rings. The van der Waals surface area contributed by atoms with Gasteiger partial charge in [-0.1, -0.05) is 6.07 Å². The SMILES string of the molecule is COc1ccc(NC(=S)Nc2cc3cccnc3c3ncccc23)cc1. The summed E-state index contributed by atoms with van der Waals surface area (Å²) >= 11 is 5.48. The van der Waals surface area contributed by atoms with Gasteiger partial charge in [-0.3, -0.25) is 9.97 Å². The van der Waals surface area contributed by atoms with Gasteiger partial charge in [0.05, 0.1) is 23.8 Å². The van der Waals surface area contributed by atoms with Crippen molar-refractivity contribution in [2.45, 2.75) is 0 Å². The number of methoxy groups -OCH3 is 1. The molecule has 5 nitrogen and oxygen atoms in total. The molecule has 0 unspecified atom stereocenters. The van der Waals surface area contributed by atoms with Crippen molar-refractivity contribution in [1.82, 2.24) is 9.97 Å². The summed E-state index contributed by atoms with van der Waals surface area (Å²) < 4.78 is 5.17. The molecule has 6 heteroatoms. The zero-order valence-electron chi connectivity index (χ0n) is 14.1. The molecule has 0 fully saturated rings. The van der Waals surface area contributed by atoms with Gasteiger partial charge in [0, 0.05) is 28.9 Å². The Balaban J connectivity index is 1.66. The van der Waals surface area contributed by atoms with E-state index in [1.54, 1.807) is 19.5 Å². The summed E-state index contributed by atoms with van der Waals surface area (Å²) in [6, 6.07) is 17.5. The first-order valence-electron chi connectivity index (χ1n) is 8.09. The maximum atomic E-state index is 5.48. The van der Waals surface area contributed by atoms with Crippen LogP contribution in [0.2, 0.25) is 0 Å². The summed E-state index contributed by atoms with van der Waals surface area (Å²) in [6.45, 7) is 0. The van der Waals surface area contributed by atoms with Crippen LogP contribution in [0.1, 0.15) is 0 Å². The van der Waals surface area contributed by atoms with E-state index in [4.69, 9.17) is 17.0 Å². The standard InChI is InChI=1S/C20H16N4OS/c1-25-15-8-6-14(7-9-15)23-20(26)24-17-12-13-4-2-10-21-18(13)19-16(17)5-3-11-22-19/h2-12H,1H3,(H2,23,24,26). The molecule has 26 heavy (non-hydrogen) atoms. The van der Waals surface area contributed by atoms with Crippen LogP contribution in [-0.2, 0) is 0 Å². The van der Waals surface area contributed by atoms with Crippen LogP contribution in [0.15, 0.2) is 67.0 Å². The molecule has 2 N–H and O–H groups in total. The number of pyridine rings is 2.